The van der Waals surface area contributed by atoms with E-state index in [4.69, 9.17) is 0 Å². The Morgan fingerprint density at radius 3 is 1.89 bits per heavy atom. The lowest BCUT2D eigenvalue weighted by Gasteiger charge is -2.27. The van der Waals surface area contributed by atoms with Gasteiger partial charge in [-0.05, 0) is 24.0 Å². The Hall–Kier alpha value is -2.90. The maximum atomic E-state index is 12.8. The number of methoxy groups -OCH3 is 1. The van der Waals surface area contributed by atoms with Crippen molar-refractivity contribution in [3.05, 3.63) is 35.9 Å². The Morgan fingerprint density at radius 2 is 1.39 bits per heavy atom. The molecule has 1 aromatic rings. The van der Waals surface area contributed by atoms with Crippen LogP contribution in [0, 0.1) is 11.8 Å². The Kier molecular flexibility index (Phi) is 9.14. The lowest BCUT2D eigenvalue weighted by Crippen LogP contribution is -2.57. The number of hydrogen-bond donors (Lipinski definition) is 3. The van der Waals surface area contributed by atoms with E-state index in [1.165, 1.54) is 7.11 Å². The van der Waals surface area contributed by atoms with Gasteiger partial charge in [-0.1, -0.05) is 45.9 Å². The van der Waals surface area contributed by atoms with E-state index in [1.54, 1.807) is 58.0 Å². The minimum absolute atomic E-state index is 0.196. The van der Waals surface area contributed by atoms with Crippen LogP contribution in [0.25, 0.3) is 0 Å². The zero-order valence-corrected chi connectivity index (χ0v) is 16.9. The van der Waals surface area contributed by atoms with Crippen LogP contribution >= 0.6 is 0 Å². The molecule has 0 aromatic heterocycles. The average molecular weight is 391 g/mol. The van der Waals surface area contributed by atoms with Gasteiger partial charge in [0, 0.05) is 5.56 Å². The second kappa shape index (κ2) is 11.1. The molecule has 0 saturated heterocycles. The number of rotatable bonds is 9. The molecule has 8 heteroatoms. The van der Waals surface area contributed by atoms with Gasteiger partial charge in [0.2, 0.25) is 11.8 Å². The van der Waals surface area contributed by atoms with Crippen LogP contribution in [0.5, 0.6) is 0 Å². The molecule has 0 heterocycles. The first-order valence-corrected chi connectivity index (χ1v) is 9.18. The van der Waals surface area contributed by atoms with E-state index in [1.807, 2.05) is 0 Å². The van der Waals surface area contributed by atoms with E-state index in [0.717, 1.165) is 0 Å². The van der Waals surface area contributed by atoms with Gasteiger partial charge in [0.25, 0.3) is 5.91 Å². The summed E-state index contributed by atoms with van der Waals surface area (Å²) >= 11 is 0. The van der Waals surface area contributed by atoms with Gasteiger partial charge in [-0.3, -0.25) is 19.2 Å². The Morgan fingerprint density at radius 1 is 0.857 bits per heavy atom. The Balaban J connectivity index is 2.82. The third-order valence-electron chi connectivity index (χ3n) is 4.15. The minimum Gasteiger partial charge on any atom is -0.468 e. The lowest BCUT2D eigenvalue weighted by molar-refractivity contribution is -0.141. The van der Waals surface area contributed by atoms with Crippen LogP contribution in [0.4, 0.5) is 0 Å². The highest BCUT2D eigenvalue weighted by molar-refractivity contribution is 5.98. The number of hydrogen-bond acceptors (Lipinski definition) is 5. The zero-order chi connectivity index (χ0) is 21.3. The lowest BCUT2D eigenvalue weighted by atomic mass is 9.99. The molecule has 8 nitrogen and oxygen atoms in total. The SMILES string of the molecule is COC(=O)CNC(=O)C(NC(=O)[C@@H](NC(=O)c1ccccc1)C(C)C)C(C)C. The van der Waals surface area contributed by atoms with E-state index >= 15 is 0 Å². The molecule has 1 unspecified atom stereocenters. The fourth-order valence-electron chi connectivity index (χ4n) is 2.47. The molecule has 0 aliphatic rings. The Labute approximate surface area is 165 Å². The van der Waals surface area contributed by atoms with Crippen molar-refractivity contribution in [2.45, 2.75) is 39.8 Å². The van der Waals surface area contributed by atoms with Crippen LogP contribution in [-0.4, -0.2) is 49.4 Å². The monoisotopic (exact) mass is 391 g/mol. The summed E-state index contributed by atoms with van der Waals surface area (Å²) < 4.78 is 4.49. The summed E-state index contributed by atoms with van der Waals surface area (Å²) in [6.45, 7) is 6.87. The van der Waals surface area contributed by atoms with E-state index < -0.39 is 29.9 Å². The standard InChI is InChI=1S/C20H29N3O5/c1-12(2)16(19(26)21-11-15(24)28-5)23-20(27)17(13(3)4)22-18(25)14-9-7-6-8-10-14/h6-10,12-13,16-17H,11H2,1-5H3,(H,21,26)(H,22,25)(H,23,27)/t16?,17-/m0/s1. The van der Waals surface area contributed by atoms with Crippen LogP contribution in [-0.2, 0) is 19.1 Å². The quantitative estimate of drug-likeness (QED) is 0.541. The minimum atomic E-state index is -0.855. The maximum absolute atomic E-state index is 12.8. The van der Waals surface area contributed by atoms with Crippen molar-refractivity contribution in [1.82, 2.24) is 16.0 Å². The molecule has 0 aliphatic heterocycles. The Bertz CT molecular complexity index is 688. The van der Waals surface area contributed by atoms with Crippen molar-refractivity contribution < 1.29 is 23.9 Å². The highest BCUT2D eigenvalue weighted by Gasteiger charge is 2.30. The molecule has 1 aromatic carbocycles. The topological polar surface area (TPSA) is 114 Å². The molecular formula is C20H29N3O5. The van der Waals surface area contributed by atoms with Crippen molar-refractivity contribution in [3.8, 4) is 0 Å². The normalized spacial score (nSPS) is 12.8. The molecule has 0 fully saturated rings. The molecule has 0 aliphatic carbocycles. The van der Waals surface area contributed by atoms with Gasteiger partial charge in [-0.2, -0.15) is 0 Å². The van der Waals surface area contributed by atoms with Gasteiger partial charge >= 0.3 is 5.97 Å². The van der Waals surface area contributed by atoms with E-state index in [0.29, 0.717) is 5.56 Å². The molecule has 28 heavy (non-hydrogen) atoms. The first-order valence-electron chi connectivity index (χ1n) is 9.18. The predicted octanol–water partition coefficient (Wildman–Crippen LogP) is 0.871. The van der Waals surface area contributed by atoms with Gasteiger partial charge in [-0.25, -0.2) is 0 Å². The highest BCUT2D eigenvalue weighted by Crippen LogP contribution is 2.08. The van der Waals surface area contributed by atoms with Gasteiger partial charge in [0.1, 0.15) is 18.6 Å². The van der Waals surface area contributed by atoms with Crippen LogP contribution in [0.15, 0.2) is 30.3 Å². The summed E-state index contributed by atoms with van der Waals surface area (Å²) in [6, 6.07) is 6.90. The number of nitrogens with one attached hydrogen (secondary N) is 3. The fraction of sp³-hybridized carbons (Fsp3) is 0.500. The molecule has 3 amide bonds. The van der Waals surface area contributed by atoms with Crippen molar-refractivity contribution in [1.29, 1.82) is 0 Å². The molecular weight excluding hydrogens is 362 g/mol. The average Bonchev–Trinajstić information content (AvgIpc) is 2.67. The highest BCUT2D eigenvalue weighted by atomic mass is 16.5. The van der Waals surface area contributed by atoms with Crippen molar-refractivity contribution in [2.24, 2.45) is 11.8 Å². The predicted molar refractivity (Wildman–Crippen MR) is 104 cm³/mol. The van der Waals surface area contributed by atoms with Crippen LogP contribution in [0.3, 0.4) is 0 Å². The first kappa shape index (κ1) is 23.1. The number of ether oxygens (including phenoxy) is 1. The molecule has 3 N–H and O–H groups in total. The van der Waals surface area contributed by atoms with Crippen molar-refractivity contribution in [3.63, 3.8) is 0 Å². The van der Waals surface area contributed by atoms with Crippen LogP contribution < -0.4 is 16.0 Å². The molecule has 0 saturated carbocycles. The van der Waals surface area contributed by atoms with E-state index in [9.17, 15) is 19.2 Å². The maximum Gasteiger partial charge on any atom is 0.325 e. The third-order valence-corrected chi connectivity index (χ3v) is 4.15. The van der Waals surface area contributed by atoms with E-state index in [2.05, 4.69) is 20.7 Å². The molecule has 1 rings (SSSR count). The molecule has 154 valence electrons. The van der Waals surface area contributed by atoms with Crippen LogP contribution in [0.2, 0.25) is 0 Å². The number of amides is 3. The number of esters is 1. The van der Waals surface area contributed by atoms with Gasteiger partial charge in [0.05, 0.1) is 7.11 Å². The van der Waals surface area contributed by atoms with Crippen molar-refractivity contribution >= 4 is 23.7 Å². The van der Waals surface area contributed by atoms with Crippen LogP contribution in [0.1, 0.15) is 38.1 Å². The third kappa shape index (κ3) is 7.02. The molecule has 0 radical (unpaired) electrons. The summed E-state index contributed by atoms with van der Waals surface area (Å²) in [5.41, 5.74) is 0.442. The second-order valence-corrected chi connectivity index (χ2v) is 7.09. The summed E-state index contributed by atoms with van der Waals surface area (Å²) in [4.78, 5) is 48.7. The van der Waals surface area contributed by atoms with Gasteiger partial charge in [0.15, 0.2) is 0 Å². The number of carbonyl (C=O) groups excluding carboxylic acids is 4. The molecule has 0 spiro atoms. The number of carbonyl (C=O) groups is 4. The fourth-order valence-corrected chi connectivity index (χ4v) is 2.47. The first-order chi connectivity index (χ1) is 13.2. The van der Waals surface area contributed by atoms with Gasteiger partial charge in [-0.15, -0.1) is 0 Å². The smallest absolute Gasteiger partial charge is 0.325 e. The molecule has 2 atom stereocenters. The largest absolute Gasteiger partial charge is 0.468 e. The second-order valence-electron chi connectivity index (χ2n) is 7.09. The van der Waals surface area contributed by atoms with Crippen molar-refractivity contribution in [2.75, 3.05) is 13.7 Å². The summed E-state index contributed by atoms with van der Waals surface area (Å²) in [5, 5.41) is 7.84. The summed E-state index contributed by atoms with van der Waals surface area (Å²) in [5.74, 6) is -2.34. The van der Waals surface area contributed by atoms with E-state index in [-0.39, 0.29) is 24.3 Å². The number of benzene rings is 1. The van der Waals surface area contributed by atoms with Gasteiger partial charge < -0.3 is 20.7 Å². The summed E-state index contributed by atoms with van der Waals surface area (Å²) in [7, 11) is 1.22. The summed E-state index contributed by atoms with van der Waals surface area (Å²) in [6.07, 6.45) is 0. The molecule has 0 bridgehead atoms. The zero-order valence-electron chi connectivity index (χ0n) is 16.9.